The van der Waals surface area contributed by atoms with Gasteiger partial charge in [0.25, 0.3) is 5.56 Å². The van der Waals surface area contributed by atoms with Crippen molar-refractivity contribution in [2.24, 2.45) is 5.10 Å². The summed E-state index contributed by atoms with van der Waals surface area (Å²) in [5.41, 5.74) is 2.48. The molecule has 0 amide bonds. The first-order valence-corrected chi connectivity index (χ1v) is 14.4. The Hall–Kier alpha value is -4.41. The third-order valence-electron chi connectivity index (χ3n) is 6.62. The molecule has 0 fully saturated rings. The molecule has 10 heteroatoms. The van der Waals surface area contributed by atoms with Gasteiger partial charge >= 0.3 is 0 Å². The first-order chi connectivity index (χ1) is 20.4. The molecule has 42 heavy (non-hydrogen) atoms. The van der Waals surface area contributed by atoms with Gasteiger partial charge in [0, 0.05) is 14.5 Å². The molecule has 0 atom stereocenters. The van der Waals surface area contributed by atoms with Crippen molar-refractivity contribution >= 4 is 59.9 Å². The fourth-order valence-electron chi connectivity index (χ4n) is 4.50. The molecular weight excluding hydrogens is 666 g/mol. The molecule has 0 saturated carbocycles. The van der Waals surface area contributed by atoms with Crippen LogP contribution in [0, 0.1) is 0 Å². The second-order valence-corrected chi connectivity index (χ2v) is 11.0. The van der Waals surface area contributed by atoms with Gasteiger partial charge in [-0.25, -0.2) is 4.98 Å². The van der Waals surface area contributed by atoms with Crippen LogP contribution in [0.25, 0.3) is 33.5 Å². The molecule has 8 nitrogen and oxygen atoms in total. The molecule has 0 aliphatic rings. The zero-order valence-electron chi connectivity index (χ0n) is 22.5. The number of fused-ring (bicyclic) bond motifs is 2. The largest absolute Gasteiger partial charge is 0.496 e. The maximum absolute atomic E-state index is 13.7. The third kappa shape index (κ3) is 5.43. The Kier molecular flexibility index (Phi) is 7.82. The minimum Gasteiger partial charge on any atom is -0.496 e. The van der Waals surface area contributed by atoms with E-state index in [9.17, 15) is 4.79 Å². The summed E-state index contributed by atoms with van der Waals surface area (Å²) in [5.74, 6) is 2.36. The number of nitrogens with zero attached hydrogens (tertiary/aromatic N) is 3. The number of hydrogen-bond acceptors (Lipinski definition) is 7. The molecule has 6 aromatic rings. The first kappa shape index (κ1) is 27.7. The number of ether oxygens (including phenoxy) is 3. The maximum Gasteiger partial charge on any atom is 0.282 e. The van der Waals surface area contributed by atoms with E-state index >= 15 is 0 Å². The van der Waals surface area contributed by atoms with Crippen LogP contribution in [0.5, 0.6) is 17.2 Å². The number of aromatic nitrogens is 2. The number of benzene rings is 4. The molecule has 0 aliphatic carbocycles. The minimum absolute atomic E-state index is 0.255. The van der Waals surface area contributed by atoms with Gasteiger partial charge in [0.05, 0.1) is 36.7 Å². The van der Waals surface area contributed by atoms with Crippen LogP contribution < -0.4 is 19.8 Å². The lowest BCUT2D eigenvalue weighted by Gasteiger charge is -2.13. The lowest BCUT2D eigenvalue weighted by molar-refractivity contribution is 0.284. The Balaban J connectivity index is 1.40. The minimum atomic E-state index is -0.336. The van der Waals surface area contributed by atoms with E-state index in [-0.39, 0.29) is 11.4 Å². The van der Waals surface area contributed by atoms with E-state index in [0.717, 1.165) is 15.4 Å². The van der Waals surface area contributed by atoms with Crippen molar-refractivity contribution in [2.75, 3.05) is 14.2 Å². The molecule has 6 rings (SSSR count). The second kappa shape index (κ2) is 11.8. The van der Waals surface area contributed by atoms with E-state index in [1.54, 1.807) is 50.8 Å². The molecule has 0 spiro atoms. The highest BCUT2D eigenvalue weighted by Crippen LogP contribution is 2.35. The van der Waals surface area contributed by atoms with E-state index in [1.165, 1.54) is 4.68 Å². The monoisotopic (exact) mass is 687 g/mol. The van der Waals surface area contributed by atoms with E-state index in [2.05, 4.69) is 37.0 Å². The molecule has 2 heterocycles. The van der Waals surface area contributed by atoms with Gasteiger partial charge in [-0.15, -0.1) is 0 Å². The summed E-state index contributed by atoms with van der Waals surface area (Å²) in [6, 6.07) is 25.9. The number of para-hydroxylation sites is 1. The van der Waals surface area contributed by atoms with Crippen molar-refractivity contribution in [1.29, 1.82) is 0 Å². The van der Waals surface area contributed by atoms with E-state index in [4.69, 9.17) is 23.6 Å². The molecule has 210 valence electrons. The van der Waals surface area contributed by atoms with E-state index < -0.39 is 0 Å². The normalized spacial score (nSPS) is 11.4. The lowest BCUT2D eigenvalue weighted by Crippen LogP contribution is -2.20. The highest BCUT2D eigenvalue weighted by molar-refractivity contribution is 9.10. The van der Waals surface area contributed by atoms with Crippen LogP contribution in [0.3, 0.4) is 0 Å². The average Bonchev–Trinajstić information content (AvgIpc) is 3.45. The van der Waals surface area contributed by atoms with Crippen LogP contribution in [-0.2, 0) is 6.61 Å². The van der Waals surface area contributed by atoms with Crippen LogP contribution in [0.1, 0.15) is 11.1 Å². The van der Waals surface area contributed by atoms with Crippen LogP contribution in [0.4, 0.5) is 0 Å². The van der Waals surface area contributed by atoms with Gasteiger partial charge in [0.15, 0.2) is 17.3 Å². The molecule has 0 saturated heterocycles. The smallest absolute Gasteiger partial charge is 0.282 e. The van der Waals surface area contributed by atoms with Crippen LogP contribution in [-0.4, -0.2) is 30.1 Å². The zero-order chi connectivity index (χ0) is 29.2. The molecule has 0 bridgehead atoms. The summed E-state index contributed by atoms with van der Waals surface area (Å²) in [6.07, 6.45) is 1.57. The summed E-state index contributed by atoms with van der Waals surface area (Å²) in [6.45, 7) is 0.368. The first-order valence-electron chi connectivity index (χ1n) is 12.8. The maximum atomic E-state index is 13.7. The standard InChI is InChI=1S/C32H23Br2N3O5/c1-39-26-8-5-9-27-23(26)15-30(42-27)31-36-25-7-4-3-6-22(25)32(38)37(31)35-17-20-14-28(40-2)29(16-24(20)34)41-18-19-10-12-21(33)13-11-19/h3-17H,18H2,1-2H3. The number of hydrogen-bond donors (Lipinski definition) is 0. The number of rotatable bonds is 8. The van der Waals surface area contributed by atoms with E-state index in [1.807, 2.05) is 54.6 Å². The topological polar surface area (TPSA) is 88.1 Å². The Morgan fingerprint density at radius 1 is 0.881 bits per heavy atom. The Bertz CT molecular complexity index is 2020. The molecular formula is C32H23Br2N3O5. The number of methoxy groups -OCH3 is 2. The Morgan fingerprint density at radius 2 is 1.67 bits per heavy atom. The number of halogens is 2. The van der Waals surface area contributed by atoms with Gasteiger partial charge in [-0.3, -0.25) is 4.79 Å². The second-order valence-electron chi connectivity index (χ2n) is 9.24. The van der Waals surface area contributed by atoms with Gasteiger partial charge in [-0.2, -0.15) is 9.78 Å². The van der Waals surface area contributed by atoms with Gasteiger partial charge in [0.1, 0.15) is 17.9 Å². The highest BCUT2D eigenvalue weighted by Gasteiger charge is 2.18. The SMILES string of the molecule is COc1cc(C=Nn2c(-c3cc4c(OC)cccc4o3)nc3ccccc3c2=O)c(Br)cc1OCc1ccc(Br)cc1. The Morgan fingerprint density at radius 3 is 2.45 bits per heavy atom. The van der Waals surface area contributed by atoms with Gasteiger partial charge in [-0.1, -0.05) is 46.3 Å². The van der Waals surface area contributed by atoms with Crippen LogP contribution in [0.15, 0.2) is 108 Å². The van der Waals surface area contributed by atoms with E-state index in [0.29, 0.717) is 56.1 Å². The van der Waals surface area contributed by atoms with Crippen LogP contribution in [0.2, 0.25) is 0 Å². The van der Waals surface area contributed by atoms with Crippen LogP contribution >= 0.6 is 31.9 Å². The molecule has 0 unspecified atom stereocenters. The predicted octanol–water partition coefficient (Wildman–Crippen LogP) is 7.81. The predicted molar refractivity (Wildman–Crippen MR) is 170 cm³/mol. The quantitative estimate of drug-likeness (QED) is 0.152. The summed E-state index contributed by atoms with van der Waals surface area (Å²) in [7, 11) is 3.17. The van der Waals surface area contributed by atoms with Crippen molar-refractivity contribution in [1.82, 2.24) is 9.66 Å². The molecule has 2 aromatic heterocycles. The molecule has 4 aromatic carbocycles. The highest BCUT2D eigenvalue weighted by atomic mass is 79.9. The summed E-state index contributed by atoms with van der Waals surface area (Å²) in [4.78, 5) is 18.4. The fraction of sp³-hybridized carbons (Fsp3) is 0.0938. The van der Waals surface area contributed by atoms with Gasteiger partial charge in [0.2, 0.25) is 5.82 Å². The van der Waals surface area contributed by atoms with Crippen molar-refractivity contribution in [3.63, 3.8) is 0 Å². The summed E-state index contributed by atoms with van der Waals surface area (Å²) >= 11 is 7.06. The van der Waals surface area contributed by atoms with Crippen molar-refractivity contribution < 1.29 is 18.6 Å². The van der Waals surface area contributed by atoms with Gasteiger partial charge < -0.3 is 18.6 Å². The Labute approximate surface area is 257 Å². The molecule has 0 radical (unpaired) electrons. The number of furan rings is 1. The lowest BCUT2D eigenvalue weighted by atomic mass is 10.2. The zero-order valence-corrected chi connectivity index (χ0v) is 25.7. The van der Waals surface area contributed by atoms with Crippen molar-refractivity contribution in [3.8, 4) is 28.8 Å². The summed E-state index contributed by atoms with van der Waals surface area (Å²) < 4.78 is 26.2. The van der Waals surface area contributed by atoms with Crippen molar-refractivity contribution in [3.05, 3.63) is 115 Å². The fourth-order valence-corrected chi connectivity index (χ4v) is 5.19. The van der Waals surface area contributed by atoms with Gasteiger partial charge in [-0.05, 0) is 76.1 Å². The molecule has 0 aliphatic heterocycles. The third-order valence-corrected chi connectivity index (χ3v) is 7.83. The van der Waals surface area contributed by atoms with Crippen molar-refractivity contribution in [2.45, 2.75) is 6.61 Å². The average molecular weight is 689 g/mol. The molecule has 0 N–H and O–H groups in total. The summed E-state index contributed by atoms with van der Waals surface area (Å²) in [5, 5.41) is 5.77.